The molecule has 0 aromatic carbocycles. The predicted molar refractivity (Wildman–Crippen MR) is 38.5 cm³/mol. The van der Waals surface area contributed by atoms with E-state index in [1.807, 2.05) is 0 Å². The van der Waals surface area contributed by atoms with Crippen LogP contribution in [0.4, 0.5) is 26.3 Å². The van der Waals surface area contributed by atoms with E-state index in [-0.39, 0.29) is 37.7 Å². The third-order valence-electron chi connectivity index (χ3n) is 0.555. The van der Waals surface area contributed by atoms with E-state index in [9.17, 15) is 34.8 Å². The molecule has 0 spiro atoms. The minimum atomic E-state index is -6.33. The van der Waals surface area contributed by atoms with Crippen LogP contribution >= 0.6 is 0 Å². The van der Waals surface area contributed by atoms with Crippen molar-refractivity contribution < 1.29 is 34.8 Å². The summed E-state index contributed by atoms with van der Waals surface area (Å²) in [5.74, 6) is 0. The summed E-state index contributed by atoms with van der Waals surface area (Å²) in [5.41, 5.74) is -5.96. The van der Waals surface area contributed by atoms with Crippen molar-refractivity contribution in [2.45, 2.75) is 11.8 Å². The molecule has 0 saturated heterocycles. The third kappa shape index (κ3) is 7.04. The molecule has 78 valence electrons. The Labute approximate surface area is 99.0 Å². The molecular weight excluding hydrogens is 230 g/mol. The number of rotatable bonds is 1. The molecule has 0 aliphatic heterocycles. The van der Waals surface area contributed by atoms with Crippen molar-refractivity contribution in [3.63, 3.8) is 0 Å². The first kappa shape index (κ1) is 20.1. The molecule has 3 nitrogen and oxygen atoms in total. The summed E-state index contributed by atoms with van der Waals surface area (Å²) in [7, 11) is -6.33. The second kappa shape index (κ2) is 5.68. The van der Waals surface area contributed by atoms with Crippen molar-refractivity contribution in [2.24, 2.45) is 0 Å². The predicted octanol–water partition coefficient (Wildman–Crippen LogP) is -0.352. The van der Waals surface area contributed by atoms with Gasteiger partial charge >= 0.3 is 59.6 Å². The van der Waals surface area contributed by atoms with Crippen LogP contribution in [0.2, 0.25) is 0 Å². The van der Waals surface area contributed by atoms with Gasteiger partial charge in [0.15, 0.2) is 0 Å². The van der Waals surface area contributed by atoms with Crippen LogP contribution in [-0.4, -0.2) is 57.9 Å². The Morgan fingerprint density at radius 1 is 0.857 bits per heavy atom. The van der Waals surface area contributed by atoms with E-state index in [1.54, 1.807) is 0 Å². The Morgan fingerprint density at radius 2 is 1.14 bits per heavy atom. The number of hydrogen-bond acceptors (Lipinski definition) is 2. The van der Waals surface area contributed by atoms with Gasteiger partial charge in [-0.15, -0.1) is 4.72 Å². The van der Waals surface area contributed by atoms with Gasteiger partial charge in [0.25, 0.3) is 0 Å². The average Bonchev–Trinajstić information content (AvgIpc) is 1.52. The zero-order valence-corrected chi connectivity index (χ0v) is 5.81. The van der Waals surface area contributed by atoms with Crippen molar-refractivity contribution in [3.05, 3.63) is 0 Å². The van der Waals surface area contributed by atoms with E-state index >= 15 is 0 Å². The second-order valence-corrected chi connectivity index (χ2v) is 3.22. The molecule has 0 aliphatic rings. The fourth-order valence-corrected chi connectivity index (χ4v) is 0.631. The van der Waals surface area contributed by atoms with Crippen LogP contribution in [0, 0.1) is 0 Å². The topological polar surface area (TPSA) is 46.2 Å². The molecule has 0 aromatic rings. The fourth-order valence-electron chi connectivity index (χ4n) is 0.210. The number of nitrogens with one attached hydrogen (secondary N) is 1. The fraction of sp³-hybridized carbons (Fsp3) is 1.00. The molecule has 0 bridgehead atoms. The Bertz CT molecular complexity index is 256. The Hall–Kier alpha value is 0.685. The molecular formula is C2H3F6Li2NO2S. The monoisotopic (exact) mass is 233 g/mol. The van der Waals surface area contributed by atoms with Crippen LogP contribution in [0.25, 0.3) is 0 Å². The van der Waals surface area contributed by atoms with Gasteiger partial charge in [-0.1, -0.05) is 0 Å². The average molecular weight is 233 g/mol. The zero-order valence-electron chi connectivity index (χ0n) is 4.99. The molecule has 0 rings (SSSR count). The van der Waals surface area contributed by atoms with E-state index in [4.69, 9.17) is 0 Å². The van der Waals surface area contributed by atoms with Gasteiger partial charge in [-0.05, 0) is 0 Å². The Morgan fingerprint density at radius 3 is 1.21 bits per heavy atom. The van der Waals surface area contributed by atoms with Gasteiger partial charge in [0.05, 0.1) is 0 Å². The van der Waals surface area contributed by atoms with E-state index in [2.05, 4.69) is 0 Å². The minimum absolute atomic E-state index is 0. The molecule has 12 heteroatoms. The molecule has 1 N–H and O–H groups in total. The maximum absolute atomic E-state index is 11.2. The molecule has 0 aliphatic carbocycles. The van der Waals surface area contributed by atoms with Gasteiger partial charge < -0.3 is 0 Å². The van der Waals surface area contributed by atoms with Crippen LogP contribution < -0.4 is 4.72 Å². The summed E-state index contributed by atoms with van der Waals surface area (Å²) in [6, 6.07) is 0. The molecule has 0 heterocycles. The third-order valence-corrected chi connectivity index (χ3v) is 1.66. The van der Waals surface area contributed by atoms with E-state index in [0.29, 0.717) is 0 Å². The molecule has 0 fully saturated rings. The van der Waals surface area contributed by atoms with Crippen LogP contribution in [0.5, 0.6) is 0 Å². The van der Waals surface area contributed by atoms with Gasteiger partial charge in [0, 0.05) is 0 Å². The summed E-state index contributed by atoms with van der Waals surface area (Å²) >= 11 is 0. The van der Waals surface area contributed by atoms with Gasteiger partial charge in [-0.25, -0.2) is 8.42 Å². The van der Waals surface area contributed by atoms with Crippen molar-refractivity contribution >= 4 is 47.7 Å². The second-order valence-electron chi connectivity index (χ2n) is 1.55. The van der Waals surface area contributed by atoms with E-state index in [0.717, 1.165) is 0 Å². The van der Waals surface area contributed by atoms with Crippen molar-refractivity contribution in [2.75, 3.05) is 0 Å². The Balaban J connectivity index is -0.000000605. The maximum atomic E-state index is 11.2. The summed E-state index contributed by atoms with van der Waals surface area (Å²) in [5, 5.41) is 0. The van der Waals surface area contributed by atoms with Crippen LogP contribution in [-0.2, 0) is 10.0 Å². The van der Waals surface area contributed by atoms with Crippen LogP contribution in [0.1, 0.15) is 0 Å². The number of alkyl halides is 6. The van der Waals surface area contributed by atoms with Crippen LogP contribution in [0.3, 0.4) is 0 Å². The van der Waals surface area contributed by atoms with Crippen molar-refractivity contribution in [1.82, 2.24) is 4.72 Å². The summed E-state index contributed by atoms with van der Waals surface area (Å²) < 4.78 is 85.8. The molecule has 0 atom stereocenters. The summed E-state index contributed by atoms with van der Waals surface area (Å²) in [6.07, 6.45) is -5.62. The molecule has 0 radical (unpaired) electrons. The van der Waals surface area contributed by atoms with E-state index < -0.39 is 26.6 Å². The van der Waals surface area contributed by atoms with Crippen molar-refractivity contribution in [1.29, 1.82) is 0 Å². The molecule has 0 unspecified atom stereocenters. The zero-order chi connectivity index (χ0) is 10.2. The number of sulfonamides is 1. The van der Waals surface area contributed by atoms with E-state index in [1.165, 1.54) is 0 Å². The first-order valence-corrected chi connectivity index (χ1v) is 3.61. The standard InChI is InChI=1S/C2HF6NO2S.2Li.2H/c3-1(4,5)9-12(10,11)2(6,7)8;;;;/h9H;;;;. The molecule has 0 amide bonds. The Kier molecular flexibility index (Phi) is 8.18. The normalized spacial score (nSPS) is 12.7. The van der Waals surface area contributed by atoms with Crippen molar-refractivity contribution in [3.8, 4) is 0 Å². The molecule has 14 heavy (non-hydrogen) atoms. The summed E-state index contributed by atoms with van der Waals surface area (Å²) in [4.78, 5) is 0. The van der Waals surface area contributed by atoms with Gasteiger partial charge in [-0.2, -0.15) is 26.3 Å². The first-order valence-electron chi connectivity index (χ1n) is 2.13. The van der Waals surface area contributed by atoms with Gasteiger partial charge in [0.2, 0.25) is 0 Å². The molecule has 0 aromatic heterocycles. The molecule has 0 saturated carbocycles. The SMILES string of the molecule is O=S(=O)(NC(F)(F)F)C(F)(F)F.[LiH].[LiH]. The summed E-state index contributed by atoms with van der Waals surface area (Å²) in [6.45, 7) is 0. The van der Waals surface area contributed by atoms with Gasteiger partial charge in [0.1, 0.15) is 0 Å². The quantitative estimate of drug-likeness (QED) is 0.382. The van der Waals surface area contributed by atoms with Gasteiger partial charge in [-0.3, -0.25) is 0 Å². The number of halogens is 6. The first-order chi connectivity index (χ1) is 4.96. The van der Waals surface area contributed by atoms with Crippen LogP contribution in [0.15, 0.2) is 0 Å². The number of hydrogen-bond donors (Lipinski definition) is 1.